The second-order valence-electron chi connectivity index (χ2n) is 6.51. The van der Waals surface area contributed by atoms with Crippen LogP contribution in [-0.4, -0.2) is 27.2 Å². The van der Waals surface area contributed by atoms with E-state index in [4.69, 9.17) is 4.74 Å². The lowest BCUT2D eigenvalue weighted by Crippen LogP contribution is -2.14. The third-order valence-electron chi connectivity index (χ3n) is 4.61. The Bertz CT molecular complexity index is 1080. The maximum Gasteiger partial charge on any atom is 0.340 e. The van der Waals surface area contributed by atoms with Crippen LogP contribution in [0, 0.1) is 12.7 Å². The third-order valence-corrected chi connectivity index (χ3v) is 4.61. The number of halogens is 1. The van der Waals surface area contributed by atoms with Gasteiger partial charge in [0.25, 0.3) is 5.56 Å². The SMILES string of the molecule is CCOC(=O)c1cn2nc(-c3ccc(C)c(F)c3)[nH]c(=O)c2c1C1CC1. The van der Waals surface area contributed by atoms with Crippen molar-refractivity contribution in [3.05, 3.63) is 57.3 Å². The molecule has 1 aromatic carbocycles. The summed E-state index contributed by atoms with van der Waals surface area (Å²) in [6, 6.07) is 4.65. The number of carbonyl (C=O) groups excluding carboxylic acids is 1. The van der Waals surface area contributed by atoms with Gasteiger partial charge in [-0.05, 0) is 44.2 Å². The highest BCUT2D eigenvalue weighted by Crippen LogP contribution is 2.43. The van der Waals surface area contributed by atoms with Gasteiger partial charge in [0.05, 0.1) is 12.2 Å². The molecule has 1 fully saturated rings. The van der Waals surface area contributed by atoms with Gasteiger partial charge in [0.2, 0.25) is 0 Å². The minimum atomic E-state index is -0.456. The number of fused-ring (bicyclic) bond motifs is 1. The van der Waals surface area contributed by atoms with Crippen LogP contribution < -0.4 is 5.56 Å². The van der Waals surface area contributed by atoms with E-state index in [-0.39, 0.29) is 29.7 Å². The molecule has 1 N–H and O–H groups in total. The summed E-state index contributed by atoms with van der Waals surface area (Å²) < 4.78 is 20.4. The van der Waals surface area contributed by atoms with Crippen molar-refractivity contribution in [2.75, 3.05) is 6.61 Å². The lowest BCUT2D eigenvalue weighted by atomic mass is 10.1. The maximum atomic E-state index is 13.9. The van der Waals surface area contributed by atoms with Gasteiger partial charge in [0, 0.05) is 17.3 Å². The number of benzene rings is 1. The molecule has 3 aromatic rings. The van der Waals surface area contributed by atoms with Gasteiger partial charge in [-0.2, -0.15) is 0 Å². The van der Waals surface area contributed by atoms with E-state index in [0.717, 1.165) is 12.8 Å². The zero-order valence-electron chi connectivity index (χ0n) is 14.5. The molecule has 2 heterocycles. The van der Waals surface area contributed by atoms with Crippen molar-refractivity contribution >= 4 is 11.5 Å². The van der Waals surface area contributed by atoms with E-state index in [1.54, 1.807) is 26.0 Å². The molecule has 1 saturated carbocycles. The van der Waals surface area contributed by atoms with Crippen LogP contribution >= 0.6 is 0 Å². The molecule has 4 rings (SSSR count). The summed E-state index contributed by atoms with van der Waals surface area (Å²) >= 11 is 0. The Morgan fingerprint density at radius 1 is 1.42 bits per heavy atom. The van der Waals surface area contributed by atoms with E-state index in [1.807, 2.05) is 0 Å². The van der Waals surface area contributed by atoms with E-state index < -0.39 is 5.97 Å². The van der Waals surface area contributed by atoms with Gasteiger partial charge in [-0.15, -0.1) is 5.10 Å². The lowest BCUT2D eigenvalue weighted by Gasteiger charge is -2.05. The summed E-state index contributed by atoms with van der Waals surface area (Å²) in [4.78, 5) is 27.7. The van der Waals surface area contributed by atoms with E-state index in [0.29, 0.717) is 27.8 Å². The number of nitrogens with one attached hydrogen (secondary N) is 1. The summed E-state index contributed by atoms with van der Waals surface area (Å²) in [6.07, 6.45) is 3.39. The molecule has 0 bridgehead atoms. The molecule has 0 unspecified atom stereocenters. The van der Waals surface area contributed by atoms with E-state index in [9.17, 15) is 14.0 Å². The molecule has 0 atom stereocenters. The maximum absolute atomic E-state index is 13.9. The molecule has 7 heteroatoms. The first-order valence-corrected chi connectivity index (χ1v) is 8.58. The summed E-state index contributed by atoms with van der Waals surface area (Å²) in [6.45, 7) is 3.66. The van der Waals surface area contributed by atoms with Gasteiger partial charge >= 0.3 is 5.97 Å². The number of nitrogens with zero attached hydrogens (tertiary/aromatic N) is 2. The molecule has 1 aliphatic rings. The molecular formula is C19H18FN3O3. The summed E-state index contributed by atoms with van der Waals surface area (Å²) in [5, 5.41) is 4.40. The Morgan fingerprint density at radius 3 is 2.85 bits per heavy atom. The Hall–Kier alpha value is -2.96. The van der Waals surface area contributed by atoms with Crippen molar-refractivity contribution in [2.24, 2.45) is 0 Å². The fourth-order valence-corrected chi connectivity index (χ4v) is 3.14. The van der Waals surface area contributed by atoms with Crippen molar-refractivity contribution < 1.29 is 13.9 Å². The van der Waals surface area contributed by atoms with Crippen LogP contribution in [0.2, 0.25) is 0 Å². The van der Waals surface area contributed by atoms with Crippen LogP contribution in [0.4, 0.5) is 4.39 Å². The molecule has 2 aromatic heterocycles. The topological polar surface area (TPSA) is 76.5 Å². The van der Waals surface area contributed by atoms with Crippen molar-refractivity contribution in [1.29, 1.82) is 0 Å². The third kappa shape index (κ3) is 2.69. The van der Waals surface area contributed by atoms with E-state index in [1.165, 1.54) is 16.8 Å². The molecule has 1 aliphatic carbocycles. The van der Waals surface area contributed by atoms with Crippen LogP contribution in [0.1, 0.15) is 47.2 Å². The number of hydrogen-bond donors (Lipinski definition) is 1. The van der Waals surface area contributed by atoms with Crippen LogP contribution in [0.15, 0.2) is 29.2 Å². The molecular weight excluding hydrogens is 337 g/mol. The normalized spacial score (nSPS) is 14.0. The first-order valence-electron chi connectivity index (χ1n) is 8.58. The van der Waals surface area contributed by atoms with Crippen LogP contribution in [0.5, 0.6) is 0 Å². The number of carbonyl (C=O) groups is 1. The lowest BCUT2D eigenvalue weighted by molar-refractivity contribution is 0.0525. The van der Waals surface area contributed by atoms with Gasteiger partial charge in [0.1, 0.15) is 11.3 Å². The first-order chi connectivity index (χ1) is 12.5. The molecule has 0 amide bonds. The van der Waals surface area contributed by atoms with Gasteiger partial charge < -0.3 is 9.72 Å². The zero-order valence-corrected chi connectivity index (χ0v) is 14.5. The van der Waals surface area contributed by atoms with Gasteiger partial charge in [-0.3, -0.25) is 4.79 Å². The fourth-order valence-electron chi connectivity index (χ4n) is 3.14. The summed E-state index contributed by atoms with van der Waals surface area (Å²) in [5.41, 5.74) is 2.05. The number of H-pyrrole nitrogens is 1. The van der Waals surface area contributed by atoms with Crippen molar-refractivity contribution in [2.45, 2.75) is 32.6 Å². The van der Waals surface area contributed by atoms with Crippen LogP contribution in [-0.2, 0) is 4.74 Å². The second kappa shape index (κ2) is 6.09. The highest BCUT2D eigenvalue weighted by molar-refractivity contribution is 5.94. The van der Waals surface area contributed by atoms with Gasteiger partial charge in [-0.1, -0.05) is 12.1 Å². The highest BCUT2D eigenvalue weighted by atomic mass is 19.1. The molecule has 0 aliphatic heterocycles. The molecule has 0 spiro atoms. The van der Waals surface area contributed by atoms with Crippen molar-refractivity contribution in [1.82, 2.24) is 14.6 Å². The monoisotopic (exact) mass is 355 g/mol. The number of aryl methyl sites for hydroxylation is 1. The minimum Gasteiger partial charge on any atom is -0.462 e. The quantitative estimate of drug-likeness (QED) is 0.729. The molecule has 0 saturated heterocycles. The number of hydrogen-bond acceptors (Lipinski definition) is 4. The molecule has 134 valence electrons. The van der Waals surface area contributed by atoms with Crippen LogP contribution in [0.25, 0.3) is 16.9 Å². The van der Waals surface area contributed by atoms with Crippen molar-refractivity contribution in [3.8, 4) is 11.4 Å². The van der Waals surface area contributed by atoms with E-state index in [2.05, 4.69) is 10.1 Å². The summed E-state index contributed by atoms with van der Waals surface area (Å²) in [7, 11) is 0. The Kier molecular flexibility index (Phi) is 3.86. The Balaban J connectivity index is 1.91. The predicted molar refractivity (Wildman–Crippen MR) is 93.9 cm³/mol. The predicted octanol–water partition coefficient (Wildman–Crippen LogP) is 3.19. The number of ether oxygens (including phenoxy) is 1. The van der Waals surface area contributed by atoms with Gasteiger partial charge in [-0.25, -0.2) is 13.7 Å². The molecule has 0 radical (unpaired) electrons. The van der Waals surface area contributed by atoms with E-state index >= 15 is 0 Å². The molecule has 26 heavy (non-hydrogen) atoms. The Morgan fingerprint density at radius 2 is 2.19 bits per heavy atom. The number of aromatic nitrogens is 3. The number of esters is 1. The number of rotatable bonds is 4. The standard InChI is InChI=1S/C19H18FN3O3/c1-3-26-19(25)13-9-23-16(15(13)11-6-7-11)18(24)21-17(22-23)12-5-4-10(2)14(20)8-12/h4-5,8-9,11H,3,6-7H2,1-2H3,(H,21,22,24). The van der Waals surface area contributed by atoms with Gasteiger partial charge in [0.15, 0.2) is 5.82 Å². The van der Waals surface area contributed by atoms with Crippen molar-refractivity contribution in [3.63, 3.8) is 0 Å². The average molecular weight is 355 g/mol. The number of aromatic amines is 1. The zero-order chi connectivity index (χ0) is 18.4. The minimum absolute atomic E-state index is 0.171. The Labute approximate surface area is 148 Å². The highest BCUT2D eigenvalue weighted by Gasteiger charge is 2.33. The smallest absolute Gasteiger partial charge is 0.340 e. The average Bonchev–Trinajstić information content (AvgIpc) is 3.37. The largest absolute Gasteiger partial charge is 0.462 e. The van der Waals surface area contributed by atoms with Crippen LogP contribution in [0.3, 0.4) is 0 Å². The second-order valence-corrected chi connectivity index (χ2v) is 6.51. The molecule has 6 nitrogen and oxygen atoms in total. The first kappa shape index (κ1) is 16.5. The summed E-state index contributed by atoms with van der Waals surface area (Å²) in [5.74, 6) is -0.412. The fraction of sp³-hybridized carbons (Fsp3) is 0.316.